The molecule has 2 heteroatoms. The summed E-state index contributed by atoms with van der Waals surface area (Å²) in [7, 11) is 0. The lowest BCUT2D eigenvalue weighted by atomic mass is 9.99. The highest BCUT2D eigenvalue weighted by atomic mass is 79.9. The summed E-state index contributed by atoms with van der Waals surface area (Å²) in [5, 5.41) is 8.42. The Bertz CT molecular complexity index is 53.6. The Balaban J connectivity index is 3.54. The fraction of sp³-hybridized carbons (Fsp3) is 1.00. The summed E-state index contributed by atoms with van der Waals surface area (Å²) in [6.45, 7) is 5.89. The average molecular weight is 167 g/mol. The zero-order valence-corrected chi connectivity index (χ0v) is 6.49. The van der Waals surface area contributed by atoms with Crippen LogP contribution in [0.4, 0.5) is 0 Å². The Labute approximate surface area is 52.9 Å². The molecule has 1 atom stereocenters. The molecule has 0 saturated carbocycles. The number of alkyl halides is 1. The second kappa shape index (κ2) is 2.14. The van der Waals surface area contributed by atoms with Crippen molar-refractivity contribution in [2.45, 2.75) is 25.8 Å². The Kier molecular flexibility index (Phi) is 2.27. The first-order valence-electron chi connectivity index (χ1n) is 2.27. The molecule has 0 rings (SSSR count). The van der Waals surface area contributed by atoms with Crippen LogP contribution in [0, 0.1) is 5.41 Å². The fourth-order valence-corrected chi connectivity index (χ4v) is 0. The summed E-state index contributed by atoms with van der Waals surface area (Å²) in [6.07, 6.45) is 0. The van der Waals surface area contributed by atoms with Gasteiger partial charge in [0.2, 0.25) is 0 Å². The smallest absolute Gasteiger partial charge is 0.113 e. The number of rotatable bonds is 0. The zero-order chi connectivity index (χ0) is 6.08. The number of aliphatic hydroxyl groups is 1. The van der Waals surface area contributed by atoms with Gasteiger partial charge in [0.05, 0.1) is 0 Å². The Morgan fingerprint density at radius 2 is 1.57 bits per heavy atom. The van der Waals surface area contributed by atoms with Crippen molar-refractivity contribution in [1.82, 2.24) is 0 Å². The standard InChI is InChI=1S/C5H11BrO/c1-5(2,3)4(6)7/h4,7H,1-3H3. The molecular weight excluding hydrogens is 156 g/mol. The molecule has 7 heavy (non-hydrogen) atoms. The molecule has 1 unspecified atom stereocenters. The van der Waals surface area contributed by atoms with Gasteiger partial charge < -0.3 is 5.11 Å². The molecule has 0 spiro atoms. The molecule has 0 aromatic heterocycles. The highest BCUT2D eigenvalue weighted by molar-refractivity contribution is 9.09. The van der Waals surface area contributed by atoms with Gasteiger partial charge in [0.25, 0.3) is 0 Å². The number of aliphatic hydroxyl groups excluding tert-OH is 1. The van der Waals surface area contributed by atoms with Crippen molar-refractivity contribution < 1.29 is 5.11 Å². The normalized spacial score (nSPS) is 16.7. The van der Waals surface area contributed by atoms with Crippen LogP contribution in [-0.4, -0.2) is 10.1 Å². The lowest BCUT2D eigenvalue weighted by Gasteiger charge is -2.19. The summed E-state index contributed by atoms with van der Waals surface area (Å²) in [4.78, 5) is 0. The number of halogens is 1. The summed E-state index contributed by atoms with van der Waals surface area (Å²) in [5.41, 5.74) is -0.0278. The van der Waals surface area contributed by atoms with Gasteiger partial charge >= 0.3 is 0 Å². The van der Waals surface area contributed by atoms with Crippen LogP contribution in [0.3, 0.4) is 0 Å². The van der Waals surface area contributed by atoms with Gasteiger partial charge in [-0.15, -0.1) is 0 Å². The molecule has 0 radical (unpaired) electrons. The number of hydrogen-bond acceptors (Lipinski definition) is 1. The molecule has 0 heterocycles. The lowest BCUT2D eigenvalue weighted by molar-refractivity contribution is 0.149. The van der Waals surface area contributed by atoms with E-state index in [9.17, 15) is 0 Å². The van der Waals surface area contributed by atoms with Crippen molar-refractivity contribution in [3.05, 3.63) is 0 Å². The van der Waals surface area contributed by atoms with Crippen molar-refractivity contribution in [1.29, 1.82) is 0 Å². The average Bonchev–Trinajstić information content (AvgIpc) is 1.31. The van der Waals surface area contributed by atoms with E-state index in [2.05, 4.69) is 15.9 Å². The maximum absolute atomic E-state index is 8.81. The Morgan fingerprint density at radius 3 is 1.57 bits per heavy atom. The van der Waals surface area contributed by atoms with Crippen LogP contribution < -0.4 is 0 Å². The molecule has 0 saturated heterocycles. The van der Waals surface area contributed by atoms with E-state index in [0.717, 1.165) is 0 Å². The third-order valence-corrected chi connectivity index (χ3v) is 2.09. The van der Waals surface area contributed by atoms with E-state index in [4.69, 9.17) is 5.11 Å². The van der Waals surface area contributed by atoms with E-state index in [-0.39, 0.29) is 10.4 Å². The molecular formula is C5H11BrO. The summed E-state index contributed by atoms with van der Waals surface area (Å²) in [5.74, 6) is 0. The van der Waals surface area contributed by atoms with Crippen molar-refractivity contribution in [3.63, 3.8) is 0 Å². The minimum atomic E-state index is -0.389. The number of hydrogen-bond donors (Lipinski definition) is 1. The van der Waals surface area contributed by atoms with Crippen LogP contribution in [0.5, 0.6) is 0 Å². The van der Waals surface area contributed by atoms with Crippen molar-refractivity contribution in [3.8, 4) is 0 Å². The molecule has 0 aliphatic carbocycles. The first-order chi connectivity index (χ1) is 2.94. The second-order valence-electron chi connectivity index (χ2n) is 2.70. The predicted octanol–water partition coefficient (Wildman–Crippen LogP) is 1.75. The third kappa shape index (κ3) is 3.06. The van der Waals surface area contributed by atoms with E-state index >= 15 is 0 Å². The monoisotopic (exact) mass is 166 g/mol. The van der Waals surface area contributed by atoms with Crippen molar-refractivity contribution >= 4 is 15.9 Å². The summed E-state index contributed by atoms with van der Waals surface area (Å²) in [6, 6.07) is 0. The van der Waals surface area contributed by atoms with E-state index in [0.29, 0.717) is 0 Å². The SMILES string of the molecule is CC(C)(C)C(O)Br. The quantitative estimate of drug-likeness (QED) is 0.545. The molecule has 44 valence electrons. The van der Waals surface area contributed by atoms with Gasteiger partial charge in [0.15, 0.2) is 0 Å². The van der Waals surface area contributed by atoms with E-state index < -0.39 is 0 Å². The highest BCUT2D eigenvalue weighted by Gasteiger charge is 2.17. The van der Waals surface area contributed by atoms with E-state index in [1.54, 1.807) is 0 Å². The van der Waals surface area contributed by atoms with Crippen LogP contribution in [-0.2, 0) is 0 Å². The van der Waals surface area contributed by atoms with Crippen molar-refractivity contribution in [2.24, 2.45) is 5.41 Å². The molecule has 1 nitrogen and oxygen atoms in total. The third-order valence-electron chi connectivity index (χ3n) is 0.715. The first-order valence-corrected chi connectivity index (χ1v) is 3.18. The van der Waals surface area contributed by atoms with Gasteiger partial charge in [-0.25, -0.2) is 0 Å². The van der Waals surface area contributed by atoms with E-state index in [1.807, 2.05) is 20.8 Å². The van der Waals surface area contributed by atoms with Crippen LogP contribution in [0.15, 0.2) is 0 Å². The van der Waals surface area contributed by atoms with Crippen LogP contribution >= 0.6 is 15.9 Å². The summed E-state index contributed by atoms with van der Waals surface area (Å²) < 4.78 is 0. The van der Waals surface area contributed by atoms with Crippen LogP contribution in [0.1, 0.15) is 20.8 Å². The Hall–Kier alpha value is 0.440. The molecule has 0 aliphatic rings. The van der Waals surface area contributed by atoms with Gasteiger partial charge in [-0.3, -0.25) is 0 Å². The minimum Gasteiger partial charge on any atom is -0.381 e. The second-order valence-corrected chi connectivity index (χ2v) is 3.57. The molecule has 1 N–H and O–H groups in total. The molecule has 0 amide bonds. The first kappa shape index (κ1) is 7.44. The maximum atomic E-state index is 8.81. The molecule has 0 fully saturated rings. The van der Waals surface area contributed by atoms with Gasteiger partial charge in [-0.1, -0.05) is 36.7 Å². The minimum absolute atomic E-state index is 0.0278. The van der Waals surface area contributed by atoms with Crippen molar-refractivity contribution in [2.75, 3.05) is 0 Å². The molecule has 0 aliphatic heterocycles. The molecule has 0 aromatic carbocycles. The zero-order valence-electron chi connectivity index (χ0n) is 4.90. The highest BCUT2D eigenvalue weighted by Crippen LogP contribution is 2.22. The van der Waals surface area contributed by atoms with Gasteiger partial charge in [-0.2, -0.15) is 0 Å². The van der Waals surface area contributed by atoms with E-state index in [1.165, 1.54) is 0 Å². The molecule has 0 bridgehead atoms. The van der Waals surface area contributed by atoms with Gasteiger partial charge in [-0.05, 0) is 5.41 Å². The predicted molar refractivity (Wildman–Crippen MR) is 34.4 cm³/mol. The fourth-order valence-electron chi connectivity index (χ4n) is 0. The lowest BCUT2D eigenvalue weighted by Crippen LogP contribution is -2.18. The Morgan fingerprint density at radius 1 is 1.43 bits per heavy atom. The van der Waals surface area contributed by atoms with Gasteiger partial charge in [0.1, 0.15) is 5.01 Å². The summed E-state index contributed by atoms with van der Waals surface area (Å²) >= 11 is 3.05. The van der Waals surface area contributed by atoms with Crippen LogP contribution in [0.25, 0.3) is 0 Å². The topological polar surface area (TPSA) is 20.2 Å². The van der Waals surface area contributed by atoms with Crippen LogP contribution in [0.2, 0.25) is 0 Å². The maximum Gasteiger partial charge on any atom is 0.113 e. The van der Waals surface area contributed by atoms with Gasteiger partial charge in [0, 0.05) is 0 Å². The molecule has 0 aromatic rings. The largest absolute Gasteiger partial charge is 0.381 e.